The molecule has 15 heteroatoms. The molecule has 2 aromatic rings. The third kappa shape index (κ3) is 6.17. The van der Waals surface area contributed by atoms with E-state index in [0.29, 0.717) is 6.07 Å². The Morgan fingerprint density at radius 3 is 2.33 bits per heavy atom. The molecule has 0 heterocycles. The lowest BCUT2D eigenvalue weighted by molar-refractivity contribution is -0.385. The summed E-state index contributed by atoms with van der Waals surface area (Å²) in [6, 6.07) is 4.78. The number of sulfonamides is 1. The summed E-state index contributed by atoms with van der Waals surface area (Å²) in [6.07, 6.45) is -6.66. The van der Waals surface area contributed by atoms with Crippen molar-refractivity contribution in [1.29, 1.82) is 0 Å². The van der Waals surface area contributed by atoms with Crippen LogP contribution in [0.3, 0.4) is 0 Å². The van der Waals surface area contributed by atoms with Crippen LogP contribution in [0, 0.1) is 10.1 Å². The van der Waals surface area contributed by atoms with Crippen LogP contribution in [-0.4, -0.2) is 38.4 Å². The number of ether oxygens (including phenoxy) is 2. The molecule has 1 amide bonds. The van der Waals surface area contributed by atoms with Crippen molar-refractivity contribution in [3.8, 4) is 5.75 Å². The number of nitro benzene ring substituents is 1. The quantitative estimate of drug-likeness (QED) is 0.338. The Balaban J connectivity index is 2.24. The summed E-state index contributed by atoms with van der Waals surface area (Å²) in [7, 11) is -3.11. The molecule has 0 aliphatic rings. The van der Waals surface area contributed by atoms with E-state index in [1.807, 2.05) is 5.32 Å². The van der Waals surface area contributed by atoms with Crippen LogP contribution in [0.5, 0.6) is 5.75 Å². The molecule has 0 spiro atoms. The first-order chi connectivity index (χ1) is 15.1. The van der Waals surface area contributed by atoms with Crippen molar-refractivity contribution in [2.45, 2.75) is 24.1 Å². The highest BCUT2D eigenvalue weighted by molar-refractivity contribution is 7.89. The van der Waals surface area contributed by atoms with Gasteiger partial charge in [0.25, 0.3) is 11.6 Å². The minimum Gasteiger partial charge on any atom is -0.495 e. The Labute approximate surface area is 184 Å². The van der Waals surface area contributed by atoms with Crippen molar-refractivity contribution in [2.75, 3.05) is 12.4 Å². The van der Waals surface area contributed by atoms with Gasteiger partial charge < -0.3 is 14.8 Å². The molecule has 1 atom stereocenters. The number of nitrogens with zero attached hydrogens (tertiary/aromatic N) is 1. The summed E-state index contributed by atoms with van der Waals surface area (Å²) >= 11 is 0. The van der Waals surface area contributed by atoms with E-state index in [2.05, 4.69) is 0 Å². The van der Waals surface area contributed by atoms with Crippen LogP contribution in [0.2, 0.25) is 0 Å². The number of primary sulfonamides is 1. The molecule has 3 N–H and O–H groups in total. The van der Waals surface area contributed by atoms with Crippen molar-refractivity contribution in [1.82, 2.24) is 0 Å². The van der Waals surface area contributed by atoms with Gasteiger partial charge in [-0.25, -0.2) is 18.4 Å². The maximum absolute atomic E-state index is 13.2. The fourth-order valence-corrected chi connectivity index (χ4v) is 3.25. The van der Waals surface area contributed by atoms with Gasteiger partial charge >= 0.3 is 12.1 Å². The van der Waals surface area contributed by atoms with Gasteiger partial charge in [0.05, 0.1) is 28.8 Å². The van der Waals surface area contributed by atoms with Gasteiger partial charge in [0.2, 0.25) is 10.0 Å². The highest BCUT2D eigenvalue weighted by Gasteiger charge is 2.36. The lowest BCUT2D eigenvalue weighted by atomic mass is 10.1. The number of nitro groups is 1. The first-order valence-electron chi connectivity index (χ1n) is 8.73. The fourth-order valence-electron chi connectivity index (χ4n) is 2.53. The number of rotatable bonds is 7. The zero-order valence-electron chi connectivity index (χ0n) is 16.9. The predicted octanol–water partition coefficient (Wildman–Crippen LogP) is 2.45. The van der Waals surface area contributed by atoms with Crippen molar-refractivity contribution in [3.63, 3.8) is 0 Å². The highest BCUT2D eigenvalue weighted by Crippen LogP contribution is 2.37. The number of nitrogens with two attached hydrogens (primary N) is 1. The van der Waals surface area contributed by atoms with Crippen molar-refractivity contribution in [2.24, 2.45) is 5.14 Å². The molecule has 0 fully saturated rings. The summed E-state index contributed by atoms with van der Waals surface area (Å²) < 4.78 is 72.7. The maximum Gasteiger partial charge on any atom is 0.418 e. The van der Waals surface area contributed by atoms with Crippen molar-refractivity contribution in [3.05, 3.63) is 57.6 Å². The van der Waals surface area contributed by atoms with Crippen LogP contribution in [0.15, 0.2) is 41.3 Å². The molecule has 0 saturated carbocycles. The Bertz CT molecular complexity index is 1210. The predicted molar refractivity (Wildman–Crippen MR) is 106 cm³/mol. The van der Waals surface area contributed by atoms with Gasteiger partial charge in [0.1, 0.15) is 10.6 Å². The van der Waals surface area contributed by atoms with Gasteiger partial charge in [-0.15, -0.1) is 0 Å². The second-order valence-corrected chi connectivity index (χ2v) is 7.96. The van der Waals surface area contributed by atoms with E-state index in [4.69, 9.17) is 14.6 Å². The Hall–Kier alpha value is -3.72. The molecule has 0 aliphatic heterocycles. The van der Waals surface area contributed by atoms with Gasteiger partial charge in [-0.2, -0.15) is 13.2 Å². The summed E-state index contributed by atoms with van der Waals surface area (Å²) in [5, 5.41) is 17.7. The zero-order chi connectivity index (χ0) is 25.1. The monoisotopic (exact) mass is 491 g/mol. The number of hydrogen-bond acceptors (Lipinski definition) is 8. The average Bonchev–Trinajstić information content (AvgIpc) is 2.71. The molecule has 0 bridgehead atoms. The summed E-state index contributed by atoms with van der Waals surface area (Å²) in [6.45, 7) is 1.05. The van der Waals surface area contributed by atoms with Crippen LogP contribution >= 0.6 is 0 Å². The van der Waals surface area contributed by atoms with E-state index in [0.717, 1.165) is 31.2 Å². The van der Waals surface area contributed by atoms with Crippen LogP contribution < -0.4 is 15.2 Å². The lowest BCUT2D eigenvalue weighted by Gasteiger charge is -2.17. The minimum atomic E-state index is -5.03. The van der Waals surface area contributed by atoms with Crippen molar-refractivity contribution < 1.29 is 45.6 Å². The molecular weight excluding hydrogens is 475 g/mol. The number of halogens is 3. The molecule has 0 radical (unpaired) electrons. The molecule has 33 heavy (non-hydrogen) atoms. The third-order valence-corrected chi connectivity index (χ3v) is 5.07. The van der Waals surface area contributed by atoms with Crippen LogP contribution in [0.25, 0.3) is 0 Å². The summed E-state index contributed by atoms with van der Waals surface area (Å²) in [5.74, 6) is -2.51. The zero-order valence-corrected chi connectivity index (χ0v) is 17.7. The smallest absolute Gasteiger partial charge is 0.418 e. The lowest BCUT2D eigenvalue weighted by Crippen LogP contribution is -2.31. The summed E-state index contributed by atoms with van der Waals surface area (Å²) in [4.78, 5) is 33.8. The topological polar surface area (TPSA) is 168 Å². The molecule has 1 unspecified atom stereocenters. The molecular formula is C18H16F3N3O8S. The second-order valence-electron chi connectivity index (χ2n) is 6.43. The number of alkyl halides is 3. The van der Waals surface area contributed by atoms with E-state index in [9.17, 15) is 41.3 Å². The molecule has 0 saturated heterocycles. The number of carbonyl (C=O) groups is 2. The maximum atomic E-state index is 13.2. The van der Waals surface area contributed by atoms with E-state index in [-0.39, 0.29) is 17.4 Å². The van der Waals surface area contributed by atoms with E-state index >= 15 is 0 Å². The number of non-ortho nitro benzene ring substituents is 1. The normalized spacial score (nSPS) is 12.5. The van der Waals surface area contributed by atoms with Crippen LogP contribution in [0.1, 0.15) is 22.8 Å². The van der Waals surface area contributed by atoms with Gasteiger partial charge in [-0.3, -0.25) is 14.9 Å². The number of esters is 1. The standard InChI is InChI=1S/C18H16F3N3O8S/c1-9(32-17(26)10-3-6-14(31-2)15(7-10)33(22,29)30)16(25)23-13-5-4-11(24(27)28)8-12(13)18(19,20)21/h3-9H,1-2H3,(H,23,25)(H2,22,29,30). The van der Waals surface area contributed by atoms with Gasteiger partial charge in [0.15, 0.2) is 6.10 Å². The fraction of sp³-hybridized carbons (Fsp3) is 0.222. The van der Waals surface area contributed by atoms with E-state index < -0.39 is 60.9 Å². The number of anilines is 1. The third-order valence-electron chi connectivity index (χ3n) is 4.14. The largest absolute Gasteiger partial charge is 0.495 e. The highest BCUT2D eigenvalue weighted by atomic mass is 32.2. The Morgan fingerprint density at radius 2 is 1.82 bits per heavy atom. The van der Waals surface area contributed by atoms with Gasteiger partial charge in [0, 0.05) is 12.1 Å². The molecule has 2 aromatic carbocycles. The Morgan fingerprint density at radius 1 is 1.18 bits per heavy atom. The number of benzene rings is 2. The number of carbonyl (C=O) groups excluding carboxylic acids is 2. The summed E-state index contributed by atoms with van der Waals surface area (Å²) in [5.41, 5.74) is -3.44. The SMILES string of the molecule is COc1ccc(C(=O)OC(C)C(=O)Nc2ccc([N+](=O)[O-])cc2C(F)(F)F)cc1S(N)(=O)=O. The second kappa shape index (κ2) is 9.41. The van der Waals surface area contributed by atoms with E-state index in [1.165, 1.54) is 7.11 Å². The Kier molecular flexibility index (Phi) is 7.29. The minimum absolute atomic E-state index is 0.155. The first-order valence-corrected chi connectivity index (χ1v) is 10.3. The number of hydrogen-bond donors (Lipinski definition) is 2. The first kappa shape index (κ1) is 25.5. The number of nitrogens with one attached hydrogen (secondary N) is 1. The van der Waals surface area contributed by atoms with Gasteiger partial charge in [-0.05, 0) is 31.2 Å². The molecule has 0 aromatic heterocycles. The molecule has 178 valence electrons. The van der Waals surface area contributed by atoms with E-state index in [1.54, 1.807) is 0 Å². The number of methoxy groups -OCH3 is 1. The van der Waals surface area contributed by atoms with Crippen LogP contribution in [-0.2, 0) is 25.7 Å². The van der Waals surface area contributed by atoms with Gasteiger partial charge in [-0.1, -0.05) is 0 Å². The van der Waals surface area contributed by atoms with Crippen LogP contribution in [0.4, 0.5) is 24.5 Å². The number of amides is 1. The molecule has 2 rings (SSSR count). The molecule has 11 nitrogen and oxygen atoms in total. The molecule has 0 aliphatic carbocycles. The van der Waals surface area contributed by atoms with Crippen molar-refractivity contribution >= 4 is 33.3 Å². The average molecular weight is 491 g/mol.